The largest absolute Gasteiger partial charge is 0.445 e. The lowest BCUT2D eigenvalue weighted by Gasteiger charge is -2.36. The Morgan fingerprint density at radius 3 is 2.63 bits per heavy atom. The fraction of sp³-hybridized carbons (Fsp3) is 0.462. The van der Waals surface area contributed by atoms with Gasteiger partial charge in [0.05, 0.1) is 6.54 Å². The fourth-order valence-electron chi connectivity index (χ4n) is 1.96. The van der Waals surface area contributed by atoms with Crippen LogP contribution in [0, 0.1) is 0 Å². The van der Waals surface area contributed by atoms with Crippen LogP contribution in [0.1, 0.15) is 6.42 Å². The lowest BCUT2D eigenvalue weighted by molar-refractivity contribution is -0.0597. The quantitative estimate of drug-likeness (QED) is 0.905. The molecule has 1 heterocycles. The van der Waals surface area contributed by atoms with Gasteiger partial charge in [0, 0.05) is 31.4 Å². The highest BCUT2D eigenvalue weighted by Gasteiger charge is 2.24. The molecule has 19 heavy (non-hydrogen) atoms. The number of amides is 1. The number of hydrogen-bond donors (Lipinski definition) is 1. The number of likely N-dealkylation sites (N-methyl/N-ethyl adjacent to an activating group) is 1. The maximum absolute atomic E-state index is 11.8. The average Bonchev–Trinajstić information content (AvgIpc) is 2.37. The summed E-state index contributed by atoms with van der Waals surface area (Å²) in [6.07, 6.45) is 0.341. The van der Waals surface area contributed by atoms with Crippen molar-refractivity contribution < 1.29 is 9.53 Å². The van der Waals surface area contributed by atoms with E-state index in [1.54, 1.807) is 24.3 Å². The SMILES string of the molecule is CN1CCC(OC(=O)Nc2ccc(Cl)cc2)CN1C. The van der Waals surface area contributed by atoms with Gasteiger partial charge in [-0.15, -0.1) is 0 Å². The highest BCUT2D eigenvalue weighted by molar-refractivity contribution is 6.30. The average molecular weight is 284 g/mol. The summed E-state index contributed by atoms with van der Waals surface area (Å²) in [6, 6.07) is 6.93. The van der Waals surface area contributed by atoms with Crippen molar-refractivity contribution in [1.29, 1.82) is 0 Å². The molecule has 5 nitrogen and oxygen atoms in total. The number of halogens is 1. The predicted octanol–water partition coefficient (Wildman–Crippen LogP) is 2.44. The first kappa shape index (κ1) is 14.1. The van der Waals surface area contributed by atoms with Gasteiger partial charge in [-0.25, -0.2) is 14.8 Å². The zero-order valence-electron chi connectivity index (χ0n) is 11.1. The maximum Gasteiger partial charge on any atom is 0.411 e. The number of nitrogens with zero attached hydrogens (tertiary/aromatic N) is 2. The van der Waals surface area contributed by atoms with Gasteiger partial charge in [-0.2, -0.15) is 0 Å². The minimum absolute atomic E-state index is 0.0755. The van der Waals surface area contributed by atoms with E-state index >= 15 is 0 Å². The van der Waals surface area contributed by atoms with Crippen molar-refractivity contribution in [3.05, 3.63) is 29.3 Å². The molecule has 6 heteroatoms. The Balaban J connectivity index is 1.83. The second kappa shape index (κ2) is 6.23. The first-order chi connectivity index (χ1) is 9.04. The first-order valence-electron chi connectivity index (χ1n) is 6.20. The number of carbonyl (C=O) groups is 1. The summed E-state index contributed by atoms with van der Waals surface area (Å²) in [5, 5.41) is 7.48. The van der Waals surface area contributed by atoms with Crippen molar-refractivity contribution in [1.82, 2.24) is 10.0 Å². The van der Waals surface area contributed by atoms with Crippen LogP contribution in [0.25, 0.3) is 0 Å². The van der Waals surface area contributed by atoms with Gasteiger partial charge in [0.15, 0.2) is 0 Å². The van der Waals surface area contributed by atoms with Crippen LogP contribution in [0.2, 0.25) is 5.02 Å². The third-order valence-corrected chi connectivity index (χ3v) is 3.44. The van der Waals surface area contributed by atoms with Crippen molar-refractivity contribution in [2.45, 2.75) is 12.5 Å². The zero-order chi connectivity index (χ0) is 13.8. The Bertz CT molecular complexity index is 438. The van der Waals surface area contributed by atoms with E-state index in [1.165, 1.54) is 0 Å². The van der Waals surface area contributed by atoms with Crippen LogP contribution in [0.3, 0.4) is 0 Å². The van der Waals surface area contributed by atoms with Gasteiger partial charge in [-0.3, -0.25) is 5.32 Å². The monoisotopic (exact) mass is 283 g/mol. The molecule has 1 unspecified atom stereocenters. The fourth-order valence-corrected chi connectivity index (χ4v) is 2.08. The molecule has 0 bridgehead atoms. The molecule has 1 amide bonds. The van der Waals surface area contributed by atoms with Crippen molar-refractivity contribution in [2.75, 3.05) is 32.5 Å². The van der Waals surface area contributed by atoms with E-state index in [4.69, 9.17) is 16.3 Å². The second-order valence-corrected chi connectivity index (χ2v) is 5.11. The van der Waals surface area contributed by atoms with E-state index in [9.17, 15) is 4.79 Å². The van der Waals surface area contributed by atoms with E-state index in [-0.39, 0.29) is 6.10 Å². The van der Waals surface area contributed by atoms with E-state index < -0.39 is 6.09 Å². The number of hydrazine groups is 1. The molecule has 1 aromatic carbocycles. The molecule has 1 N–H and O–H groups in total. The number of nitrogens with one attached hydrogen (secondary N) is 1. The zero-order valence-corrected chi connectivity index (χ0v) is 11.9. The lowest BCUT2D eigenvalue weighted by Crippen LogP contribution is -2.49. The molecule has 0 spiro atoms. The molecule has 0 radical (unpaired) electrons. The molecule has 2 rings (SSSR count). The molecule has 1 atom stereocenters. The number of anilines is 1. The van der Waals surface area contributed by atoms with Crippen LogP contribution in [0.15, 0.2) is 24.3 Å². The summed E-state index contributed by atoms with van der Waals surface area (Å²) >= 11 is 5.78. The van der Waals surface area contributed by atoms with Gasteiger partial charge < -0.3 is 4.74 Å². The normalized spacial score (nSPS) is 21.1. The van der Waals surface area contributed by atoms with Gasteiger partial charge in [0.2, 0.25) is 0 Å². The molecule has 0 aromatic heterocycles. The minimum Gasteiger partial charge on any atom is -0.445 e. The Kier molecular flexibility index (Phi) is 4.63. The Hall–Kier alpha value is -1.30. The first-order valence-corrected chi connectivity index (χ1v) is 6.58. The summed E-state index contributed by atoms with van der Waals surface area (Å²) in [7, 11) is 4.00. The third-order valence-electron chi connectivity index (χ3n) is 3.19. The van der Waals surface area contributed by atoms with Crippen LogP contribution in [-0.2, 0) is 4.74 Å². The lowest BCUT2D eigenvalue weighted by atomic mass is 10.2. The number of carbonyl (C=O) groups excluding carboxylic acids is 1. The highest BCUT2D eigenvalue weighted by Crippen LogP contribution is 2.15. The molecule has 104 valence electrons. The molecule has 1 aliphatic heterocycles. The molecule has 1 aromatic rings. The summed E-state index contributed by atoms with van der Waals surface area (Å²) in [5.74, 6) is 0. The van der Waals surface area contributed by atoms with Crippen LogP contribution >= 0.6 is 11.6 Å². The van der Waals surface area contributed by atoms with Crippen LogP contribution < -0.4 is 5.32 Å². The van der Waals surface area contributed by atoms with Gasteiger partial charge in [0.25, 0.3) is 0 Å². The second-order valence-electron chi connectivity index (χ2n) is 4.67. The highest BCUT2D eigenvalue weighted by atomic mass is 35.5. The van der Waals surface area contributed by atoms with Crippen molar-refractivity contribution in [3.8, 4) is 0 Å². The van der Waals surface area contributed by atoms with Gasteiger partial charge in [-0.1, -0.05) is 11.6 Å². The minimum atomic E-state index is -0.426. The van der Waals surface area contributed by atoms with Crippen molar-refractivity contribution in [3.63, 3.8) is 0 Å². The standard InChI is InChI=1S/C13H18ClN3O2/c1-16-8-7-12(9-17(16)2)19-13(18)15-11-5-3-10(14)4-6-11/h3-6,12H,7-9H2,1-2H3,(H,15,18). The van der Waals surface area contributed by atoms with Crippen LogP contribution in [0.4, 0.5) is 10.5 Å². The van der Waals surface area contributed by atoms with Crippen molar-refractivity contribution >= 4 is 23.4 Å². The maximum atomic E-state index is 11.8. The number of benzene rings is 1. The molecular weight excluding hydrogens is 266 g/mol. The van der Waals surface area contributed by atoms with Crippen LogP contribution in [-0.4, -0.2) is 49.4 Å². The topological polar surface area (TPSA) is 44.8 Å². The molecule has 0 saturated carbocycles. The smallest absolute Gasteiger partial charge is 0.411 e. The van der Waals surface area contributed by atoms with Crippen molar-refractivity contribution in [2.24, 2.45) is 0 Å². The van der Waals surface area contributed by atoms with E-state index in [0.29, 0.717) is 17.3 Å². The summed E-state index contributed by atoms with van der Waals surface area (Å²) in [4.78, 5) is 11.8. The Labute approximate surface area is 118 Å². The Morgan fingerprint density at radius 2 is 2.00 bits per heavy atom. The predicted molar refractivity (Wildman–Crippen MR) is 75.2 cm³/mol. The number of ether oxygens (including phenoxy) is 1. The molecule has 0 aliphatic carbocycles. The molecule has 1 aliphatic rings. The Morgan fingerprint density at radius 1 is 1.32 bits per heavy atom. The molecule has 1 fully saturated rings. The van der Waals surface area contributed by atoms with Crippen LogP contribution in [0.5, 0.6) is 0 Å². The summed E-state index contributed by atoms with van der Waals surface area (Å²) < 4.78 is 5.39. The summed E-state index contributed by atoms with van der Waals surface area (Å²) in [5.41, 5.74) is 0.677. The van der Waals surface area contributed by atoms with Gasteiger partial charge in [-0.05, 0) is 30.7 Å². The molecule has 1 saturated heterocycles. The molecular formula is C13H18ClN3O2. The van der Waals surface area contributed by atoms with E-state index in [2.05, 4.69) is 10.3 Å². The van der Waals surface area contributed by atoms with E-state index in [1.807, 2.05) is 19.1 Å². The number of rotatable bonds is 2. The van der Waals surface area contributed by atoms with E-state index in [0.717, 1.165) is 13.0 Å². The third kappa shape index (κ3) is 4.09. The van der Waals surface area contributed by atoms with Gasteiger partial charge >= 0.3 is 6.09 Å². The summed E-state index contributed by atoms with van der Waals surface area (Å²) in [6.45, 7) is 1.60. The number of hydrogen-bond acceptors (Lipinski definition) is 4. The van der Waals surface area contributed by atoms with Gasteiger partial charge in [0.1, 0.15) is 6.10 Å².